The Morgan fingerprint density at radius 2 is 2.09 bits per heavy atom. The Bertz CT molecular complexity index is 393. The third-order valence-electron chi connectivity index (χ3n) is 3.51. The fourth-order valence-electron chi connectivity index (χ4n) is 1.98. The molecule has 8 heteroatoms. The van der Waals surface area contributed by atoms with Crippen molar-refractivity contribution in [3.63, 3.8) is 0 Å². The zero-order valence-electron chi connectivity index (χ0n) is 14.0. The van der Waals surface area contributed by atoms with Crippen molar-refractivity contribution in [2.45, 2.75) is 68.9 Å². The molecule has 0 aromatic heterocycles. The first-order chi connectivity index (χ1) is 10.9. The molecule has 0 aromatic rings. The highest BCUT2D eigenvalue weighted by Crippen LogP contribution is 2.40. The van der Waals surface area contributed by atoms with Gasteiger partial charge in [-0.1, -0.05) is 69.4 Å². The molecule has 134 valence electrons. The number of rotatable bonds is 5. The van der Waals surface area contributed by atoms with E-state index in [0.717, 1.165) is 12.2 Å². The molecule has 0 radical (unpaired) electrons. The molecule has 1 fully saturated rings. The Kier molecular flexibility index (Phi) is 10.3. The van der Waals surface area contributed by atoms with Crippen molar-refractivity contribution in [2.75, 3.05) is 11.5 Å². The van der Waals surface area contributed by atoms with Crippen LogP contribution in [-0.2, 0) is 9.59 Å². The summed E-state index contributed by atoms with van der Waals surface area (Å²) in [6.07, 6.45) is 6.00. The second-order valence-electron chi connectivity index (χ2n) is 6.07. The van der Waals surface area contributed by atoms with Crippen LogP contribution in [0.2, 0.25) is 0 Å². The van der Waals surface area contributed by atoms with Crippen molar-refractivity contribution < 1.29 is 14.7 Å². The number of hydrogen-bond donors (Lipinski definition) is 2. The van der Waals surface area contributed by atoms with Crippen LogP contribution in [0.25, 0.3) is 0 Å². The Morgan fingerprint density at radius 3 is 2.74 bits per heavy atom. The van der Waals surface area contributed by atoms with Gasteiger partial charge in [-0.15, -0.1) is 0 Å². The summed E-state index contributed by atoms with van der Waals surface area (Å²) in [4.78, 5) is 23.7. The third kappa shape index (κ3) is 8.31. The molecule has 2 atom stereocenters. The maximum atomic E-state index is 12.3. The predicted molar refractivity (Wildman–Crippen MR) is 106 cm³/mol. The number of hydrogen-bond acceptors (Lipinski definition) is 6. The van der Waals surface area contributed by atoms with Crippen LogP contribution in [-0.4, -0.2) is 44.5 Å². The molecule has 23 heavy (non-hydrogen) atoms. The van der Waals surface area contributed by atoms with Crippen LogP contribution in [0.15, 0.2) is 0 Å². The molecule has 2 unspecified atom stereocenters. The molecule has 0 aromatic carbocycles. The van der Waals surface area contributed by atoms with E-state index >= 15 is 0 Å². The maximum Gasteiger partial charge on any atom is 0.327 e. The van der Waals surface area contributed by atoms with E-state index in [1.54, 1.807) is 43.2 Å². The zero-order valence-corrected chi connectivity index (χ0v) is 17.3. The lowest BCUT2D eigenvalue weighted by Gasteiger charge is -2.26. The molecule has 4 nitrogen and oxygen atoms in total. The normalized spacial score (nSPS) is 26.7. The van der Waals surface area contributed by atoms with Crippen molar-refractivity contribution in [2.24, 2.45) is 0 Å². The summed E-state index contributed by atoms with van der Waals surface area (Å²) in [6, 6.07) is -0.819. The third-order valence-corrected chi connectivity index (χ3v) is 9.72. The van der Waals surface area contributed by atoms with Gasteiger partial charge in [-0.25, -0.2) is 4.79 Å². The van der Waals surface area contributed by atoms with Gasteiger partial charge >= 0.3 is 5.97 Å². The molecule has 1 amide bonds. The predicted octanol–water partition coefficient (Wildman–Crippen LogP) is 4.45. The van der Waals surface area contributed by atoms with Crippen LogP contribution in [0.1, 0.15) is 52.9 Å². The fraction of sp³-hybridized carbons (Fsp3) is 0.867. The van der Waals surface area contributed by atoms with E-state index < -0.39 is 16.8 Å². The average Bonchev–Trinajstić information content (AvgIpc) is 2.48. The van der Waals surface area contributed by atoms with Crippen molar-refractivity contribution in [3.8, 4) is 0 Å². The first-order valence-corrected chi connectivity index (χ1v) is 12.7. The molecule has 1 saturated heterocycles. The summed E-state index contributed by atoms with van der Waals surface area (Å²) in [5.74, 6) is 0.269. The average molecular weight is 398 g/mol. The fourth-order valence-corrected chi connectivity index (χ4v) is 7.58. The van der Waals surface area contributed by atoms with Gasteiger partial charge < -0.3 is 10.4 Å². The van der Waals surface area contributed by atoms with Crippen molar-refractivity contribution in [1.29, 1.82) is 0 Å². The van der Waals surface area contributed by atoms with Crippen LogP contribution >= 0.6 is 43.2 Å². The number of carboxylic acids is 1. The van der Waals surface area contributed by atoms with Crippen molar-refractivity contribution in [3.05, 3.63) is 0 Å². The lowest BCUT2D eigenvalue weighted by atomic mass is 10.1. The molecule has 1 heterocycles. The van der Waals surface area contributed by atoms with Gasteiger partial charge in [0.25, 0.3) is 0 Å². The monoisotopic (exact) mass is 397 g/mol. The molecular formula is C15H27NO3S4. The molecule has 0 saturated carbocycles. The summed E-state index contributed by atoms with van der Waals surface area (Å²) < 4.78 is -0.618. The summed E-state index contributed by atoms with van der Waals surface area (Å²) in [5.41, 5.74) is 0. The van der Waals surface area contributed by atoms with E-state index in [-0.39, 0.29) is 5.91 Å². The van der Waals surface area contributed by atoms with Gasteiger partial charge in [-0.3, -0.25) is 4.79 Å². The van der Waals surface area contributed by atoms with E-state index in [4.69, 9.17) is 0 Å². The standard InChI is InChI=1S/C15H27NO3S4/c1-4-5-6-7-11-8-9-20-23-15(2,3)14(19)16-12(13(17)18)10-21-22-11/h11-12H,4-10H2,1-3H3,(H,16,19)(H,17,18). The minimum absolute atomic E-state index is 0.201. The Hall–Kier alpha value is 0.340. The highest BCUT2D eigenvalue weighted by atomic mass is 33.1. The number of aliphatic carboxylic acids is 1. The van der Waals surface area contributed by atoms with Crippen LogP contribution < -0.4 is 5.32 Å². The number of carbonyl (C=O) groups excluding carboxylic acids is 1. The number of carboxylic acid groups (broad SMARTS) is 1. The van der Waals surface area contributed by atoms with Crippen LogP contribution in [0.4, 0.5) is 0 Å². The smallest absolute Gasteiger partial charge is 0.327 e. The highest BCUT2D eigenvalue weighted by molar-refractivity contribution is 8.77. The molecule has 1 aliphatic heterocycles. The topological polar surface area (TPSA) is 66.4 Å². The number of carbonyl (C=O) groups is 2. The lowest BCUT2D eigenvalue weighted by molar-refractivity contribution is -0.141. The largest absolute Gasteiger partial charge is 0.480 e. The van der Waals surface area contributed by atoms with Gasteiger partial charge in [0, 0.05) is 16.8 Å². The van der Waals surface area contributed by atoms with E-state index in [9.17, 15) is 14.7 Å². The van der Waals surface area contributed by atoms with Gasteiger partial charge in [0.05, 0.1) is 4.75 Å². The highest BCUT2D eigenvalue weighted by Gasteiger charge is 2.33. The minimum Gasteiger partial charge on any atom is -0.480 e. The van der Waals surface area contributed by atoms with E-state index in [2.05, 4.69) is 12.2 Å². The first kappa shape index (κ1) is 21.4. The van der Waals surface area contributed by atoms with Gasteiger partial charge in [-0.05, 0) is 26.7 Å². The summed E-state index contributed by atoms with van der Waals surface area (Å²) in [6.45, 7) is 5.91. The number of amides is 1. The van der Waals surface area contributed by atoms with Crippen LogP contribution in [0.5, 0.6) is 0 Å². The number of nitrogens with one attached hydrogen (secondary N) is 1. The summed E-state index contributed by atoms with van der Waals surface area (Å²) in [7, 11) is 6.62. The lowest BCUT2D eigenvalue weighted by Crippen LogP contribution is -2.49. The molecule has 1 rings (SSSR count). The summed E-state index contributed by atoms with van der Waals surface area (Å²) >= 11 is 0. The van der Waals surface area contributed by atoms with Gasteiger partial charge in [0.15, 0.2) is 0 Å². The van der Waals surface area contributed by atoms with Crippen LogP contribution in [0, 0.1) is 0 Å². The number of unbranched alkanes of at least 4 members (excludes halogenated alkanes) is 2. The molecule has 0 spiro atoms. The van der Waals surface area contributed by atoms with Crippen molar-refractivity contribution >= 4 is 55.1 Å². The Morgan fingerprint density at radius 1 is 1.35 bits per heavy atom. The molecule has 0 bridgehead atoms. The van der Waals surface area contributed by atoms with E-state index in [1.807, 2.05) is 13.8 Å². The molecule has 0 aliphatic carbocycles. The van der Waals surface area contributed by atoms with Crippen LogP contribution in [0.3, 0.4) is 0 Å². The summed E-state index contributed by atoms with van der Waals surface area (Å²) in [5, 5.41) is 12.6. The van der Waals surface area contributed by atoms with Gasteiger partial charge in [0.1, 0.15) is 6.04 Å². The maximum absolute atomic E-state index is 12.3. The van der Waals surface area contributed by atoms with E-state index in [1.165, 1.54) is 25.7 Å². The molecule has 1 aliphatic rings. The Balaban J connectivity index is 2.67. The quantitative estimate of drug-likeness (QED) is 0.525. The van der Waals surface area contributed by atoms with E-state index in [0.29, 0.717) is 11.0 Å². The minimum atomic E-state index is -0.959. The molecule has 2 N–H and O–H groups in total. The second-order valence-corrected chi connectivity index (χ2v) is 11.8. The van der Waals surface area contributed by atoms with Crippen molar-refractivity contribution in [1.82, 2.24) is 5.32 Å². The zero-order chi connectivity index (χ0) is 17.3. The first-order valence-electron chi connectivity index (χ1n) is 7.99. The van der Waals surface area contributed by atoms with Gasteiger partial charge in [0.2, 0.25) is 5.91 Å². The molecular weight excluding hydrogens is 370 g/mol. The second kappa shape index (κ2) is 11.1. The van der Waals surface area contributed by atoms with Gasteiger partial charge in [-0.2, -0.15) is 0 Å². The SMILES string of the molecule is CCCCCC1CCSSC(C)(C)C(=O)NC(C(=O)O)CSS1. The Labute approximate surface area is 155 Å².